The smallest absolute Gasteiger partial charge is 0.255 e. The van der Waals surface area contributed by atoms with Crippen LogP contribution >= 0.6 is 11.6 Å². The molecule has 0 atom stereocenters. The highest BCUT2D eigenvalue weighted by atomic mass is 35.5. The van der Waals surface area contributed by atoms with Crippen molar-refractivity contribution in [3.63, 3.8) is 0 Å². The molecule has 0 aromatic heterocycles. The lowest BCUT2D eigenvalue weighted by molar-refractivity contribution is 0.102. The normalized spacial score (nSPS) is 11.1. The monoisotopic (exact) mass is 393 g/mol. The van der Waals surface area contributed by atoms with E-state index in [2.05, 4.69) is 26.1 Å². The lowest BCUT2D eigenvalue weighted by Gasteiger charge is -2.23. The van der Waals surface area contributed by atoms with Gasteiger partial charge in [0.25, 0.3) is 5.91 Å². The number of ether oxygens (including phenoxy) is 1. The molecule has 3 aromatic carbocycles. The molecule has 3 aromatic rings. The number of halogens is 1. The molecule has 0 bridgehead atoms. The summed E-state index contributed by atoms with van der Waals surface area (Å²) in [5.41, 5.74) is 3.29. The highest BCUT2D eigenvalue weighted by Crippen LogP contribution is 2.29. The number of amides is 1. The summed E-state index contributed by atoms with van der Waals surface area (Å²) in [5.74, 6) is 0.455. The molecule has 0 aliphatic rings. The van der Waals surface area contributed by atoms with E-state index in [0.717, 1.165) is 16.8 Å². The molecule has 3 rings (SSSR count). The third-order valence-electron chi connectivity index (χ3n) is 4.43. The van der Waals surface area contributed by atoms with Gasteiger partial charge in [-0.15, -0.1) is 0 Å². The van der Waals surface area contributed by atoms with E-state index in [4.69, 9.17) is 16.3 Å². The van der Waals surface area contributed by atoms with Crippen LogP contribution in [0.4, 0.5) is 5.69 Å². The van der Waals surface area contributed by atoms with Gasteiger partial charge in [-0.3, -0.25) is 4.79 Å². The maximum Gasteiger partial charge on any atom is 0.255 e. The van der Waals surface area contributed by atoms with Crippen LogP contribution in [0.5, 0.6) is 5.75 Å². The summed E-state index contributed by atoms with van der Waals surface area (Å²) in [4.78, 5) is 12.8. The molecule has 0 unspecified atom stereocenters. The van der Waals surface area contributed by atoms with Gasteiger partial charge in [0, 0.05) is 21.8 Å². The maximum absolute atomic E-state index is 12.8. The van der Waals surface area contributed by atoms with Gasteiger partial charge in [0.05, 0.1) is 0 Å². The molecule has 0 saturated carbocycles. The summed E-state index contributed by atoms with van der Waals surface area (Å²) in [5, 5.41) is 3.69. The number of hydrogen-bond acceptors (Lipinski definition) is 2. The Morgan fingerprint density at radius 3 is 2.43 bits per heavy atom. The van der Waals surface area contributed by atoms with Crippen molar-refractivity contribution in [1.82, 2.24) is 0 Å². The molecule has 144 valence electrons. The topological polar surface area (TPSA) is 38.3 Å². The minimum atomic E-state index is -0.167. The average molecular weight is 394 g/mol. The fourth-order valence-corrected chi connectivity index (χ4v) is 3.13. The first-order chi connectivity index (χ1) is 13.3. The Labute approximate surface area is 171 Å². The summed E-state index contributed by atoms with van der Waals surface area (Å²) in [6.07, 6.45) is 0. The van der Waals surface area contributed by atoms with E-state index in [0.29, 0.717) is 22.9 Å². The van der Waals surface area contributed by atoms with Gasteiger partial charge in [-0.25, -0.2) is 0 Å². The van der Waals surface area contributed by atoms with E-state index >= 15 is 0 Å². The van der Waals surface area contributed by atoms with Crippen LogP contribution in [0.25, 0.3) is 0 Å². The Bertz CT molecular complexity index is 976. The van der Waals surface area contributed by atoms with Gasteiger partial charge < -0.3 is 10.1 Å². The van der Waals surface area contributed by atoms with Crippen molar-refractivity contribution < 1.29 is 9.53 Å². The lowest BCUT2D eigenvalue weighted by Crippen LogP contribution is -2.18. The number of anilines is 1. The largest absolute Gasteiger partial charge is 0.489 e. The van der Waals surface area contributed by atoms with Crippen LogP contribution in [0.3, 0.4) is 0 Å². The van der Waals surface area contributed by atoms with E-state index in [9.17, 15) is 4.79 Å². The second-order valence-electron chi connectivity index (χ2n) is 7.66. The van der Waals surface area contributed by atoms with Crippen LogP contribution in [-0.2, 0) is 12.0 Å². The Kier molecular flexibility index (Phi) is 6.05. The molecular weight excluding hydrogens is 370 g/mol. The number of benzene rings is 3. The molecule has 0 heterocycles. The van der Waals surface area contributed by atoms with Crippen molar-refractivity contribution in [1.29, 1.82) is 0 Å². The van der Waals surface area contributed by atoms with Crippen LogP contribution in [-0.4, -0.2) is 5.91 Å². The first-order valence-electron chi connectivity index (χ1n) is 9.22. The number of carbonyl (C=O) groups excluding carboxylic acids is 1. The summed E-state index contributed by atoms with van der Waals surface area (Å²) in [6, 6.07) is 22.6. The van der Waals surface area contributed by atoms with Crippen LogP contribution in [0, 0.1) is 0 Å². The zero-order chi connectivity index (χ0) is 20.1. The standard InChI is InChI=1S/C24H24ClNO2/c1-24(2,3)20-12-5-7-14-22(20)26-23(27)17-10-8-11-19(15-17)28-16-18-9-4-6-13-21(18)25/h4-15H,16H2,1-3H3,(H,26,27). The van der Waals surface area contributed by atoms with Gasteiger partial charge in [0.15, 0.2) is 0 Å². The Hall–Kier alpha value is -2.78. The fourth-order valence-electron chi connectivity index (χ4n) is 2.94. The Morgan fingerprint density at radius 1 is 0.964 bits per heavy atom. The third-order valence-corrected chi connectivity index (χ3v) is 4.80. The van der Waals surface area contributed by atoms with Gasteiger partial charge >= 0.3 is 0 Å². The zero-order valence-corrected chi connectivity index (χ0v) is 17.1. The summed E-state index contributed by atoms with van der Waals surface area (Å²) in [6.45, 7) is 6.72. The molecule has 0 aliphatic carbocycles. The molecule has 0 spiro atoms. The number of hydrogen-bond donors (Lipinski definition) is 1. The van der Waals surface area contributed by atoms with E-state index in [1.165, 1.54) is 0 Å². The molecule has 0 fully saturated rings. The zero-order valence-electron chi connectivity index (χ0n) is 16.3. The molecule has 4 heteroatoms. The predicted octanol–water partition coefficient (Wildman–Crippen LogP) is 6.47. The molecule has 1 amide bonds. The van der Waals surface area contributed by atoms with Gasteiger partial charge in [0.2, 0.25) is 0 Å². The number of rotatable bonds is 5. The summed E-state index contributed by atoms with van der Waals surface area (Å²) in [7, 11) is 0. The summed E-state index contributed by atoms with van der Waals surface area (Å²) >= 11 is 6.17. The molecular formula is C24H24ClNO2. The molecule has 0 saturated heterocycles. The van der Waals surface area contributed by atoms with Crippen LogP contribution < -0.4 is 10.1 Å². The van der Waals surface area contributed by atoms with Crippen molar-refractivity contribution in [2.24, 2.45) is 0 Å². The van der Waals surface area contributed by atoms with Crippen LogP contribution in [0.1, 0.15) is 42.3 Å². The van der Waals surface area contributed by atoms with Crippen molar-refractivity contribution in [2.75, 3.05) is 5.32 Å². The lowest BCUT2D eigenvalue weighted by atomic mass is 9.86. The minimum Gasteiger partial charge on any atom is -0.489 e. The second-order valence-corrected chi connectivity index (χ2v) is 8.06. The van der Waals surface area contributed by atoms with Crippen molar-refractivity contribution >= 4 is 23.2 Å². The Balaban J connectivity index is 1.74. The number of carbonyl (C=O) groups is 1. The molecule has 0 radical (unpaired) electrons. The van der Waals surface area contributed by atoms with E-state index in [1.54, 1.807) is 12.1 Å². The second kappa shape index (κ2) is 8.49. The van der Waals surface area contributed by atoms with Gasteiger partial charge in [-0.05, 0) is 41.3 Å². The predicted molar refractivity (Wildman–Crippen MR) is 115 cm³/mol. The van der Waals surface area contributed by atoms with Gasteiger partial charge in [0.1, 0.15) is 12.4 Å². The SMILES string of the molecule is CC(C)(C)c1ccccc1NC(=O)c1cccc(OCc2ccccc2Cl)c1. The highest BCUT2D eigenvalue weighted by molar-refractivity contribution is 6.31. The molecule has 3 nitrogen and oxygen atoms in total. The number of nitrogens with one attached hydrogen (secondary N) is 1. The average Bonchev–Trinajstić information content (AvgIpc) is 2.67. The van der Waals surface area contributed by atoms with E-state index in [1.807, 2.05) is 60.7 Å². The van der Waals surface area contributed by atoms with Crippen LogP contribution in [0.2, 0.25) is 5.02 Å². The Morgan fingerprint density at radius 2 is 1.68 bits per heavy atom. The fraction of sp³-hybridized carbons (Fsp3) is 0.208. The van der Waals surface area contributed by atoms with Crippen molar-refractivity contribution in [2.45, 2.75) is 32.8 Å². The van der Waals surface area contributed by atoms with Gasteiger partial charge in [-0.1, -0.05) is 74.8 Å². The molecule has 0 aliphatic heterocycles. The minimum absolute atomic E-state index is 0.0657. The first-order valence-corrected chi connectivity index (χ1v) is 9.59. The first kappa shape index (κ1) is 20.0. The van der Waals surface area contributed by atoms with Gasteiger partial charge in [-0.2, -0.15) is 0 Å². The van der Waals surface area contributed by atoms with E-state index in [-0.39, 0.29) is 11.3 Å². The number of para-hydroxylation sites is 1. The quantitative estimate of drug-likeness (QED) is 0.539. The molecule has 1 N–H and O–H groups in total. The van der Waals surface area contributed by atoms with Crippen molar-refractivity contribution in [3.8, 4) is 5.75 Å². The summed E-state index contributed by atoms with van der Waals surface area (Å²) < 4.78 is 5.83. The maximum atomic E-state index is 12.8. The van der Waals surface area contributed by atoms with Crippen molar-refractivity contribution in [3.05, 3.63) is 94.5 Å². The highest BCUT2D eigenvalue weighted by Gasteiger charge is 2.19. The molecule has 28 heavy (non-hydrogen) atoms. The van der Waals surface area contributed by atoms with Crippen LogP contribution in [0.15, 0.2) is 72.8 Å². The third kappa shape index (κ3) is 4.93. The van der Waals surface area contributed by atoms with E-state index < -0.39 is 0 Å².